The van der Waals surface area contributed by atoms with Crippen molar-refractivity contribution in [2.75, 3.05) is 0 Å². The molecule has 1 unspecified atom stereocenters. The van der Waals surface area contributed by atoms with Gasteiger partial charge in [-0.1, -0.05) is 31.4 Å². The molecule has 220 valence electrons. The van der Waals surface area contributed by atoms with Crippen LogP contribution < -0.4 is 17.1 Å². The lowest BCUT2D eigenvalue weighted by Crippen LogP contribution is -2.32. The van der Waals surface area contributed by atoms with E-state index in [0.29, 0.717) is 11.8 Å². The second-order valence-corrected chi connectivity index (χ2v) is 11.5. The maximum absolute atomic E-state index is 13.5. The van der Waals surface area contributed by atoms with Gasteiger partial charge in [0.1, 0.15) is 17.2 Å². The zero-order chi connectivity index (χ0) is 30.2. The highest BCUT2D eigenvalue weighted by Crippen LogP contribution is 2.34. The van der Waals surface area contributed by atoms with E-state index in [0.717, 1.165) is 53.2 Å². The molecule has 4 N–H and O–H groups in total. The van der Waals surface area contributed by atoms with Gasteiger partial charge in [-0.3, -0.25) is 19.4 Å². The molecule has 1 aliphatic rings. The second kappa shape index (κ2) is 14.8. The number of alkyl halides is 3. The average Bonchev–Trinajstić information content (AvgIpc) is 2.94. The summed E-state index contributed by atoms with van der Waals surface area (Å²) in [6, 6.07) is 10.1. The molecule has 1 aliphatic carbocycles. The molecule has 2 heterocycles. The fourth-order valence-corrected chi connectivity index (χ4v) is 5.55. The molecular weight excluding hydrogens is 674 g/mol. The van der Waals surface area contributed by atoms with Gasteiger partial charge < -0.3 is 5.73 Å². The van der Waals surface area contributed by atoms with Crippen LogP contribution in [0.25, 0.3) is 5.70 Å². The number of aryl methyl sites for hydroxylation is 1. The van der Waals surface area contributed by atoms with Gasteiger partial charge in [0, 0.05) is 11.8 Å². The zero-order valence-corrected chi connectivity index (χ0v) is 25.3. The van der Waals surface area contributed by atoms with Gasteiger partial charge >= 0.3 is 6.18 Å². The Morgan fingerprint density at radius 2 is 1.90 bits per heavy atom. The fraction of sp³-hybridized carbons (Fsp3) is 0.333. The number of rotatable bonds is 7. The quantitative estimate of drug-likeness (QED) is 0.0604. The maximum Gasteiger partial charge on any atom is 0.418 e. The Morgan fingerprint density at radius 3 is 2.46 bits per heavy atom. The first-order chi connectivity index (χ1) is 19.5. The van der Waals surface area contributed by atoms with Crippen molar-refractivity contribution >= 4 is 40.4 Å². The van der Waals surface area contributed by atoms with Crippen molar-refractivity contribution in [3.8, 4) is 0 Å². The van der Waals surface area contributed by atoms with Crippen LogP contribution in [0.4, 0.5) is 17.6 Å². The molecule has 1 atom stereocenters. The smallest absolute Gasteiger partial charge is 0.395 e. The van der Waals surface area contributed by atoms with Gasteiger partial charge in [0.25, 0.3) is 5.56 Å². The molecule has 3 aromatic rings. The number of nitrogens with two attached hydrogens (primary N) is 2. The van der Waals surface area contributed by atoms with E-state index in [-0.39, 0.29) is 40.9 Å². The maximum atomic E-state index is 13.5. The summed E-state index contributed by atoms with van der Waals surface area (Å²) in [5, 5.41) is 4.21. The first kappa shape index (κ1) is 32.6. The molecule has 4 rings (SSSR count). The summed E-state index contributed by atoms with van der Waals surface area (Å²) >= 11 is 1.97. The highest BCUT2D eigenvalue weighted by atomic mass is 127. The minimum absolute atomic E-state index is 0.00331. The number of benzene rings is 1. The zero-order valence-electron chi connectivity index (χ0n) is 22.2. The van der Waals surface area contributed by atoms with E-state index in [1.54, 1.807) is 6.07 Å². The van der Waals surface area contributed by atoms with Gasteiger partial charge in [0.15, 0.2) is 6.29 Å². The molecule has 2 aromatic heterocycles. The number of hydrogen-bond acceptors (Lipinski definition) is 7. The largest absolute Gasteiger partial charge is 0.418 e. The number of aromatic nitrogens is 3. The molecule has 0 saturated heterocycles. The number of pyridine rings is 1. The number of carbonyl (C=O) groups excluding carboxylic acids is 1. The predicted molar refractivity (Wildman–Crippen MR) is 159 cm³/mol. The molecule has 1 fully saturated rings. The predicted octanol–water partition coefficient (Wildman–Crippen LogP) is 5.83. The lowest BCUT2D eigenvalue weighted by molar-refractivity contribution is -0.138. The molecular formula is C27H30F4IN6O2P. The van der Waals surface area contributed by atoms with Crippen molar-refractivity contribution in [1.82, 2.24) is 19.5 Å². The topological polar surface area (TPSA) is 120 Å². The normalized spacial score (nSPS) is 14.8. The standard InChI is InChI=1S/C20H23F3IN6O2P.C7H7F/c21-20(22,23)14-7-4-8-27-16(14)10-29-19(32)13(12-5-2-1-3-6-12)9-15(28-29)18(25)17(11-31)30(26)33-24;1-6-3-2-4-7(8)5-6/h4,7-9,11-12,33H,1-3,5-6,10,25-26H2;2-5H,1H3/b18-17-;. The third-order valence-electron chi connectivity index (χ3n) is 6.54. The molecule has 0 radical (unpaired) electrons. The Kier molecular flexibility index (Phi) is 11.8. The van der Waals surface area contributed by atoms with Crippen LogP contribution in [0.1, 0.15) is 66.1 Å². The van der Waals surface area contributed by atoms with Crippen molar-refractivity contribution in [3.63, 3.8) is 0 Å². The Bertz CT molecular complexity index is 1430. The van der Waals surface area contributed by atoms with E-state index in [2.05, 4.69) is 10.1 Å². The van der Waals surface area contributed by atoms with Crippen LogP contribution in [0, 0.1) is 12.7 Å². The molecule has 8 nitrogen and oxygen atoms in total. The van der Waals surface area contributed by atoms with Crippen LogP contribution >= 0.6 is 28.4 Å². The Morgan fingerprint density at radius 1 is 1.20 bits per heavy atom. The molecule has 1 saturated carbocycles. The van der Waals surface area contributed by atoms with Crippen LogP contribution in [0.5, 0.6) is 0 Å². The summed E-state index contributed by atoms with van der Waals surface area (Å²) < 4.78 is 54.7. The highest BCUT2D eigenvalue weighted by molar-refractivity contribution is 14.2. The van der Waals surface area contributed by atoms with Gasteiger partial charge in [-0.15, -0.1) is 0 Å². The first-order valence-electron chi connectivity index (χ1n) is 12.7. The lowest BCUT2D eigenvalue weighted by atomic mass is 9.84. The van der Waals surface area contributed by atoms with Crippen molar-refractivity contribution < 1.29 is 22.4 Å². The number of halogens is 5. The van der Waals surface area contributed by atoms with Gasteiger partial charge in [-0.2, -0.15) is 18.3 Å². The minimum atomic E-state index is -4.64. The highest BCUT2D eigenvalue weighted by Gasteiger charge is 2.34. The Hall–Kier alpha value is -2.90. The molecule has 14 heteroatoms. The van der Waals surface area contributed by atoms with Gasteiger partial charge in [0.05, 0.1) is 29.9 Å². The Balaban J connectivity index is 0.000000496. The van der Waals surface area contributed by atoms with Crippen LogP contribution in [-0.4, -0.2) is 25.8 Å². The summed E-state index contributed by atoms with van der Waals surface area (Å²) in [5.74, 6) is 5.61. The van der Waals surface area contributed by atoms with E-state index < -0.39 is 23.8 Å². The van der Waals surface area contributed by atoms with Crippen LogP contribution in [-0.2, 0) is 17.5 Å². The molecule has 1 aromatic carbocycles. The number of hydrogen-bond donors (Lipinski definition) is 2. The van der Waals surface area contributed by atoms with E-state index >= 15 is 0 Å². The van der Waals surface area contributed by atoms with Crippen LogP contribution in [0.3, 0.4) is 0 Å². The van der Waals surface area contributed by atoms with Crippen LogP contribution in [0.15, 0.2) is 59.2 Å². The first-order valence-corrected chi connectivity index (χ1v) is 16.7. The summed E-state index contributed by atoms with van der Waals surface area (Å²) in [6.07, 6.45) is 1.58. The van der Waals surface area contributed by atoms with Crippen molar-refractivity contribution in [2.24, 2.45) is 11.6 Å². The summed E-state index contributed by atoms with van der Waals surface area (Å²) in [7, 11) is 0. The second-order valence-electron chi connectivity index (χ2n) is 9.45. The van der Waals surface area contributed by atoms with E-state index in [9.17, 15) is 27.2 Å². The van der Waals surface area contributed by atoms with Gasteiger partial charge in [0.2, 0.25) is 0 Å². The average molecular weight is 704 g/mol. The number of allylic oxidation sites excluding steroid dienone is 1. The monoisotopic (exact) mass is 704 g/mol. The summed E-state index contributed by atoms with van der Waals surface area (Å²) in [4.78, 5) is 28.7. The molecule has 0 aliphatic heterocycles. The van der Waals surface area contributed by atoms with Crippen molar-refractivity contribution in [3.05, 3.63) is 98.6 Å². The minimum Gasteiger partial charge on any atom is -0.395 e. The van der Waals surface area contributed by atoms with Crippen LogP contribution in [0.2, 0.25) is 0 Å². The van der Waals surface area contributed by atoms with Gasteiger partial charge in [-0.25, -0.2) is 14.9 Å². The SMILES string of the molecule is Cc1cccc(F)c1.N/C(=C(/C=O)N(N)PI)c1cc(C2CCCCC2)c(=O)n(Cc2ncccc2C(F)(F)F)n1. The summed E-state index contributed by atoms with van der Waals surface area (Å²) in [6.45, 7) is 1.37. The van der Waals surface area contributed by atoms with E-state index in [4.69, 9.17) is 11.6 Å². The number of nitrogens with zero attached hydrogens (tertiary/aromatic N) is 4. The van der Waals surface area contributed by atoms with E-state index in [1.165, 1.54) is 30.5 Å². The number of hydrazine groups is 1. The molecule has 41 heavy (non-hydrogen) atoms. The third-order valence-corrected chi connectivity index (χ3v) is 8.52. The molecule has 0 bridgehead atoms. The number of aldehydes is 1. The van der Waals surface area contributed by atoms with Crippen molar-refractivity contribution in [1.29, 1.82) is 0 Å². The molecule has 0 spiro atoms. The van der Waals surface area contributed by atoms with E-state index in [1.807, 2.05) is 35.0 Å². The third kappa shape index (κ3) is 8.79. The molecule has 0 amide bonds. The number of carbonyl (C=O) groups is 1. The Labute approximate surface area is 249 Å². The lowest BCUT2D eigenvalue weighted by Gasteiger charge is -2.23. The summed E-state index contributed by atoms with van der Waals surface area (Å²) in [5.41, 5.74) is 5.82. The van der Waals surface area contributed by atoms with Gasteiger partial charge in [-0.05, 0) is 83.6 Å². The van der Waals surface area contributed by atoms with Crippen molar-refractivity contribution in [2.45, 2.75) is 57.7 Å². The fourth-order valence-electron chi connectivity index (χ4n) is 4.50.